The van der Waals surface area contributed by atoms with Gasteiger partial charge in [-0.05, 0) is 37.6 Å². The Hall–Kier alpha value is -2.53. The summed E-state index contributed by atoms with van der Waals surface area (Å²) < 4.78 is 5.21. The largest absolute Gasteiger partial charge is 0.496 e. The van der Waals surface area contributed by atoms with Crippen LogP contribution >= 0.6 is 0 Å². The van der Waals surface area contributed by atoms with Crippen molar-refractivity contribution in [1.82, 2.24) is 5.32 Å². The van der Waals surface area contributed by atoms with Crippen LogP contribution in [-0.2, 0) is 11.4 Å². The lowest BCUT2D eigenvalue weighted by molar-refractivity contribution is -0.122. The van der Waals surface area contributed by atoms with Gasteiger partial charge in [-0.25, -0.2) is 0 Å². The van der Waals surface area contributed by atoms with E-state index in [1.807, 2.05) is 50.2 Å². The molecule has 0 heterocycles. The van der Waals surface area contributed by atoms with Gasteiger partial charge in [0, 0.05) is 17.3 Å². The fourth-order valence-corrected chi connectivity index (χ4v) is 2.47. The van der Waals surface area contributed by atoms with E-state index in [0.717, 1.165) is 11.3 Å². The number of benzene rings is 2. The molecule has 5 heteroatoms. The summed E-state index contributed by atoms with van der Waals surface area (Å²) in [6.45, 7) is 3.72. The summed E-state index contributed by atoms with van der Waals surface area (Å²) in [5.41, 5.74) is 2.28. The molecule has 0 aliphatic carbocycles. The molecule has 1 amide bonds. The molecule has 0 saturated heterocycles. The van der Waals surface area contributed by atoms with E-state index in [2.05, 4.69) is 10.6 Å². The summed E-state index contributed by atoms with van der Waals surface area (Å²) in [6, 6.07) is 14.5. The van der Waals surface area contributed by atoms with Gasteiger partial charge >= 0.3 is 0 Å². The molecular formula is C19H24N2O3. The first kappa shape index (κ1) is 17.8. The highest BCUT2D eigenvalue weighted by atomic mass is 16.5. The summed E-state index contributed by atoms with van der Waals surface area (Å²) >= 11 is 0. The SMILES string of the molecule is COc1ccc(N[C@@H](C(=O)NC(C)C)c2ccccc2)cc1CO. The molecule has 5 nitrogen and oxygen atoms in total. The third-order valence-corrected chi connectivity index (χ3v) is 3.59. The van der Waals surface area contributed by atoms with Crippen LogP contribution in [0.3, 0.4) is 0 Å². The average molecular weight is 328 g/mol. The Bertz CT molecular complexity index is 672. The maximum atomic E-state index is 12.6. The van der Waals surface area contributed by atoms with E-state index < -0.39 is 6.04 Å². The van der Waals surface area contributed by atoms with Crippen LogP contribution in [0, 0.1) is 0 Å². The van der Waals surface area contributed by atoms with E-state index in [-0.39, 0.29) is 18.6 Å². The molecule has 0 aromatic heterocycles. The smallest absolute Gasteiger partial charge is 0.247 e. The van der Waals surface area contributed by atoms with E-state index in [4.69, 9.17) is 4.74 Å². The number of ether oxygens (including phenoxy) is 1. The van der Waals surface area contributed by atoms with Crippen LogP contribution < -0.4 is 15.4 Å². The molecule has 3 N–H and O–H groups in total. The first-order chi connectivity index (χ1) is 11.5. The summed E-state index contributed by atoms with van der Waals surface area (Å²) in [4.78, 5) is 12.6. The predicted octanol–water partition coefficient (Wildman–Crippen LogP) is 2.87. The number of carbonyl (C=O) groups is 1. The van der Waals surface area contributed by atoms with Crippen LogP contribution in [0.4, 0.5) is 5.69 Å². The number of anilines is 1. The molecule has 128 valence electrons. The fraction of sp³-hybridized carbons (Fsp3) is 0.316. The number of nitrogens with one attached hydrogen (secondary N) is 2. The van der Waals surface area contributed by atoms with Crippen LogP contribution in [0.5, 0.6) is 5.75 Å². The minimum Gasteiger partial charge on any atom is -0.496 e. The summed E-state index contributed by atoms with van der Waals surface area (Å²) in [7, 11) is 1.56. The van der Waals surface area contributed by atoms with Crippen molar-refractivity contribution in [3.05, 3.63) is 59.7 Å². The number of carbonyl (C=O) groups excluding carboxylic acids is 1. The van der Waals surface area contributed by atoms with E-state index in [1.54, 1.807) is 19.2 Å². The fourth-order valence-electron chi connectivity index (χ4n) is 2.47. The van der Waals surface area contributed by atoms with Crippen LogP contribution in [0.2, 0.25) is 0 Å². The molecule has 2 aromatic rings. The van der Waals surface area contributed by atoms with Gasteiger partial charge in [0.05, 0.1) is 13.7 Å². The molecule has 0 fully saturated rings. The summed E-state index contributed by atoms with van der Waals surface area (Å²) in [5.74, 6) is 0.517. The highest BCUT2D eigenvalue weighted by Crippen LogP contribution is 2.26. The molecule has 0 aliphatic rings. The van der Waals surface area contributed by atoms with Crippen molar-refractivity contribution >= 4 is 11.6 Å². The van der Waals surface area contributed by atoms with Gasteiger partial charge in [-0.3, -0.25) is 4.79 Å². The Morgan fingerprint density at radius 1 is 1.17 bits per heavy atom. The molecular weight excluding hydrogens is 304 g/mol. The molecule has 0 saturated carbocycles. The molecule has 1 atom stereocenters. The van der Waals surface area contributed by atoms with Crippen LogP contribution in [0.1, 0.15) is 31.0 Å². The quantitative estimate of drug-likeness (QED) is 0.731. The average Bonchev–Trinajstić information content (AvgIpc) is 2.59. The molecule has 0 bridgehead atoms. The zero-order valence-corrected chi connectivity index (χ0v) is 14.2. The zero-order chi connectivity index (χ0) is 17.5. The normalized spacial score (nSPS) is 11.9. The lowest BCUT2D eigenvalue weighted by Gasteiger charge is -2.22. The minimum absolute atomic E-state index is 0.0504. The standard InChI is InChI=1S/C19H24N2O3/c1-13(2)20-19(23)18(14-7-5-4-6-8-14)21-16-9-10-17(24-3)15(11-16)12-22/h4-11,13,18,21-22H,12H2,1-3H3,(H,20,23)/t18-/m1/s1. The zero-order valence-electron chi connectivity index (χ0n) is 14.2. The van der Waals surface area contributed by atoms with Gasteiger partial charge in [0.2, 0.25) is 5.91 Å². The van der Waals surface area contributed by atoms with Gasteiger partial charge in [0.25, 0.3) is 0 Å². The number of rotatable bonds is 7. The Morgan fingerprint density at radius 2 is 1.88 bits per heavy atom. The van der Waals surface area contributed by atoms with E-state index in [0.29, 0.717) is 11.3 Å². The second-order valence-electron chi connectivity index (χ2n) is 5.84. The Morgan fingerprint density at radius 3 is 2.46 bits per heavy atom. The number of aliphatic hydroxyl groups excluding tert-OH is 1. The van der Waals surface area contributed by atoms with Crippen LogP contribution in [0.15, 0.2) is 48.5 Å². The molecule has 2 aromatic carbocycles. The van der Waals surface area contributed by atoms with Gasteiger partial charge < -0.3 is 20.5 Å². The van der Waals surface area contributed by atoms with E-state index in [1.165, 1.54) is 0 Å². The van der Waals surface area contributed by atoms with Gasteiger partial charge in [-0.2, -0.15) is 0 Å². The van der Waals surface area contributed by atoms with Gasteiger partial charge in [-0.1, -0.05) is 30.3 Å². The van der Waals surface area contributed by atoms with E-state index in [9.17, 15) is 9.90 Å². The minimum atomic E-state index is -0.520. The van der Waals surface area contributed by atoms with Crippen molar-refractivity contribution in [3.8, 4) is 5.75 Å². The van der Waals surface area contributed by atoms with Crippen LogP contribution in [0.25, 0.3) is 0 Å². The maximum absolute atomic E-state index is 12.6. The summed E-state index contributed by atoms with van der Waals surface area (Å²) in [6.07, 6.45) is 0. The van der Waals surface area contributed by atoms with Crippen molar-refractivity contribution in [1.29, 1.82) is 0 Å². The number of aliphatic hydroxyl groups is 1. The Balaban J connectivity index is 2.30. The molecule has 0 spiro atoms. The maximum Gasteiger partial charge on any atom is 0.247 e. The third-order valence-electron chi connectivity index (χ3n) is 3.59. The topological polar surface area (TPSA) is 70.6 Å². The van der Waals surface area contributed by atoms with Crippen molar-refractivity contribution in [2.45, 2.75) is 32.5 Å². The van der Waals surface area contributed by atoms with Crippen LogP contribution in [-0.4, -0.2) is 24.2 Å². The van der Waals surface area contributed by atoms with Crippen molar-refractivity contribution < 1.29 is 14.6 Å². The number of methoxy groups -OCH3 is 1. The Labute approximate surface area is 142 Å². The van der Waals surface area contributed by atoms with Gasteiger partial charge in [-0.15, -0.1) is 0 Å². The molecule has 2 rings (SSSR count). The number of hydrogen-bond acceptors (Lipinski definition) is 4. The van der Waals surface area contributed by atoms with Crippen molar-refractivity contribution in [2.24, 2.45) is 0 Å². The van der Waals surface area contributed by atoms with Gasteiger partial charge in [0.15, 0.2) is 0 Å². The molecule has 0 unspecified atom stereocenters. The van der Waals surface area contributed by atoms with E-state index >= 15 is 0 Å². The highest BCUT2D eigenvalue weighted by molar-refractivity contribution is 5.86. The van der Waals surface area contributed by atoms with Crippen molar-refractivity contribution in [3.63, 3.8) is 0 Å². The monoisotopic (exact) mass is 328 g/mol. The first-order valence-corrected chi connectivity index (χ1v) is 7.94. The number of hydrogen-bond donors (Lipinski definition) is 3. The predicted molar refractivity (Wildman–Crippen MR) is 95.0 cm³/mol. The second kappa shape index (κ2) is 8.36. The highest BCUT2D eigenvalue weighted by Gasteiger charge is 2.21. The molecule has 0 aliphatic heterocycles. The molecule has 0 radical (unpaired) electrons. The first-order valence-electron chi connectivity index (χ1n) is 7.94. The third kappa shape index (κ3) is 4.49. The molecule has 24 heavy (non-hydrogen) atoms. The van der Waals surface area contributed by atoms with Crippen molar-refractivity contribution in [2.75, 3.05) is 12.4 Å². The Kier molecular flexibility index (Phi) is 6.21. The second-order valence-corrected chi connectivity index (χ2v) is 5.84. The number of amides is 1. The lowest BCUT2D eigenvalue weighted by atomic mass is 10.0. The van der Waals surface area contributed by atoms with Gasteiger partial charge in [0.1, 0.15) is 11.8 Å². The lowest BCUT2D eigenvalue weighted by Crippen LogP contribution is -2.37. The summed E-state index contributed by atoms with van der Waals surface area (Å²) in [5, 5.41) is 15.7.